The van der Waals surface area contributed by atoms with Crippen molar-refractivity contribution in [1.29, 1.82) is 5.26 Å². The molecule has 3 N–H and O–H groups in total. The molecule has 2 aromatic carbocycles. The fraction of sp³-hybridized carbons (Fsp3) is 0.548. The van der Waals surface area contributed by atoms with Crippen LogP contribution in [0.5, 0.6) is 5.75 Å². The SMILES string of the molecule is CCC(CC)(CCC#N)CCC(O)C(Cc1ccccc1)(NC(=O)OC(C)(C)C)NS(=O)(=O)c1ccc(OC)cc1. The lowest BCUT2D eigenvalue weighted by Crippen LogP contribution is -2.68. The highest BCUT2D eigenvalue weighted by Crippen LogP contribution is 2.38. The van der Waals surface area contributed by atoms with E-state index in [1.807, 2.05) is 6.07 Å². The monoisotopic (exact) mass is 587 g/mol. The highest BCUT2D eigenvalue weighted by atomic mass is 32.2. The van der Waals surface area contributed by atoms with Gasteiger partial charge in [0.15, 0.2) is 0 Å². The lowest BCUT2D eigenvalue weighted by atomic mass is 9.73. The molecule has 9 nitrogen and oxygen atoms in total. The van der Waals surface area contributed by atoms with Gasteiger partial charge in [0.2, 0.25) is 10.0 Å². The van der Waals surface area contributed by atoms with Crippen molar-refractivity contribution in [2.75, 3.05) is 7.11 Å². The molecular weight excluding hydrogens is 542 g/mol. The molecule has 0 bridgehead atoms. The Morgan fingerprint density at radius 2 is 1.63 bits per heavy atom. The molecule has 0 saturated heterocycles. The standard InChI is InChI=1S/C31H45N3O6S/c1-7-30(8-2,20-12-22-32)21-19-27(35)31(23-24-13-10-9-11-14-24,33-28(36)40-29(3,4)5)34-41(37,38)26-17-15-25(39-6)16-18-26/h9-11,13-18,27,34-35H,7-8,12,19-21,23H2,1-6H3,(H,33,36). The fourth-order valence-electron chi connectivity index (χ4n) is 4.92. The van der Waals surface area contributed by atoms with Gasteiger partial charge >= 0.3 is 6.09 Å². The predicted molar refractivity (Wildman–Crippen MR) is 159 cm³/mol. The highest BCUT2D eigenvalue weighted by molar-refractivity contribution is 7.89. The van der Waals surface area contributed by atoms with Gasteiger partial charge in [-0.2, -0.15) is 9.98 Å². The van der Waals surface area contributed by atoms with E-state index in [0.29, 0.717) is 30.6 Å². The van der Waals surface area contributed by atoms with Gasteiger partial charge in [0.05, 0.1) is 24.2 Å². The molecule has 0 aliphatic heterocycles. The molecule has 0 aromatic heterocycles. The Morgan fingerprint density at radius 3 is 2.15 bits per heavy atom. The molecule has 2 aromatic rings. The van der Waals surface area contributed by atoms with Crippen molar-refractivity contribution < 1.29 is 27.8 Å². The topological polar surface area (TPSA) is 138 Å². The first kappa shape index (κ1) is 34.1. The van der Waals surface area contributed by atoms with E-state index in [1.165, 1.54) is 31.4 Å². The number of alkyl carbamates (subject to hydrolysis) is 1. The Bertz CT molecular complexity index is 1250. The van der Waals surface area contributed by atoms with E-state index in [2.05, 4.69) is 30.0 Å². The zero-order valence-corrected chi connectivity index (χ0v) is 25.9. The van der Waals surface area contributed by atoms with Crippen LogP contribution < -0.4 is 14.8 Å². The normalized spacial score (nSPS) is 14.4. The number of hydrogen-bond donors (Lipinski definition) is 3. The van der Waals surface area contributed by atoms with Crippen LogP contribution in [-0.2, 0) is 21.2 Å². The molecule has 2 rings (SSSR count). The molecule has 2 unspecified atom stereocenters. The second kappa shape index (κ2) is 14.7. The Balaban J connectivity index is 2.61. The first-order valence-corrected chi connectivity index (χ1v) is 15.5. The van der Waals surface area contributed by atoms with E-state index in [9.17, 15) is 23.6 Å². The molecule has 0 radical (unpaired) electrons. The number of sulfonamides is 1. The van der Waals surface area contributed by atoms with Gasteiger partial charge in [-0.3, -0.25) is 5.32 Å². The third-order valence-electron chi connectivity index (χ3n) is 7.52. The van der Waals surface area contributed by atoms with Crippen LogP contribution >= 0.6 is 0 Å². The number of rotatable bonds is 15. The van der Waals surface area contributed by atoms with E-state index in [4.69, 9.17) is 9.47 Å². The quantitative estimate of drug-likeness (QED) is 0.228. The number of carbonyl (C=O) groups is 1. The first-order valence-electron chi connectivity index (χ1n) is 14.0. The number of amides is 1. The van der Waals surface area contributed by atoms with Gasteiger partial charge in [-0.05, 0) is 75.3 Å². The third kappa shape index (κ3) is 10.0. The maximum Gasteiger partial charge on any atom is 0.409 e. The Labute approximate surface area is 245 Å². The van der Waals surface area contributed by atoms with E-state index in [1.54, 1.807) is 45.0 Å². The number of nitrogens with zero attached hydrogens (tertiary/aromatic N) is 1. The summed E-state index contributed by atoms with van der Waals surface area (Å²) >= 11 is 0. The van der Waals surface area contributed by atoms with Crippen LogP contribution in [0.3, 0.4) is 0 Å². The number of ether oxygens (including phenoxy) is 2. The van der Waals surface area contributed by atoms with Crippen LogP contribution in [0, 0.1) is 16.7 Å². The molecule has 41 heavy (non-hydrogen) atoms. The smallest absolute Gasteiger partial charge is 0.409 e. The third-order valence-corrected chi connectivity index (χ3v) is 9.05. The molecule has 0 fully saturated rings. The minimum absolute atomic E-state index is 0.0485. The van der Waals surface area contributed by atoms with Crippen molar-refractivity contribution in [3.63, 3.8) is 0 Å². The predicted octanol–water partition coefficient (Wildman–Crippen LogP) is 5.69. The summed E-state index contributed by atoms with van der Waals surface area (Å²) in [5, 5.41) is 23.8. The fourth-order valence-corrected chi connectivity index (χ4v) is 6.28. The van der Waals surface area contributed by atoms with Crippen LogP contribution in [0.25, 0.3) is 0 Å². The summed E-state index contributed by atoms with van der Waals surface area (Å²) in [5.41, 5.74) is -2.23. The molecule has 0 heterocycles. The van der Waals surface area contributed by atoms with Crippen LogP contribution in [0.4, 0.5) is 4.79 Å². The summed E-state index contributed by atoms with van der Waals surface area (Å²) in [6.07, 6.45) is 1.06. The zero-order valence-electron chi connectivity index (χ0n) is 25.1. The van der Waals surface area contributed by atoms with Crippen molar-refractivity contribution >= 4 is 16.1 Å². The molecule has 0 spiro atoms. The molecular formula is C31H45N3O6S. The minimum Gasteiger partial charge on any atom is -0.497 e. The van der Waals surface area contributed by atoms with E-state index in [0.717, 1.165) is 12.8 Å². The van der Waals surface area contributed by atoms with Crippen LogP contribution in [0.2, 0.25) is 0 Å². The van der Waals surface area contributed by atoms with Crippen molar-refractivity contribution in [2.24, 2.45) is 5.41 Å². The zero-order chi connectivity index (χ0) is 30.7. The van der Waals surface area contributed by atoms with Gasteiger partial charge in [0.1, 0.15) is 17.0 Å². The highest BCUT2D eigenvalue weighted by Gasteiger charge is 2.45. The van der Waals surface area contributed by atoms with Crippen LogP contribution in [-0.4, -0.2) is 44.1 Å². The Hall–Kier alpha value is -3.13. The number of aliphatic hydroxyl groups is 1. The summed E-state index contributed by atoms with van der Waals surface area (Å²) < 4.78 is 40.9. The van der Waals surface area contributed by atoms with Crippen molar-refractivity contribution in [2.45, 2.75) is 102 Å². The Kier molecular flexibility index (Phi) is 12.2. The number of nitrogens with one attached hydrogen (secondary N) is 2. The van der Waals surface area contributed by atoms with Gasteiger partial charge in [-0.1, -0.05) is 57.0 Å². The number of carbonyl (C=O) groups excluding carboxylic acids is 1. The number of nitriles is 1. The molecule has 2 atom stereocenters. The summed E-state index contributed by atoms with van der Waals surface area (Å²) in [4.78, 5) is 13.1. The lowest BCUT2D eigenvalue weighted by Gasteiger charge is -2.41. The largest absolute Gasteiger partial charge is 0.497 e. The van der Waals surface area contributed by atoms with Gasteiger partial charge in [-0.25, -0.2) is 13.2 Å². The number of hydrogen-bond acceptors (Lipinski definition) is 7. The summed E-state index contributed by atoms with van der Waals surface area (Å²) in [6.45, 7) is 9.21. The van der Waals surface area contributed by atoms with Gasteiger partial charge in [0.25, 0.3) is 0 Å². The van der Waals surface area contributed by atoms with Gasteiger partial charge < -0.3 is 14.6 Å². The molecule has 0 saturated carbocycles. The molecule has 1 amide bonds. The summed E-state index contributed by atoms with van der Waals surface area (Å²) in [5.74, 6) is 0.485. The molecule has 226 valence electrons. The molecule has 0 aliphatic rings. The second-order valence-corrected chi connectivity index (χ2v) is 13.1. The summed E-state index contributed by atoms with van der Waals surface area (Å²) in [7, 11) is -2.77. The summed E-state index contributed by atoms with van der Waals surface area (Å²) in [6, 6.07) is 17.1. The van der Waals surface area contributed by atoms with E-state index < -0.39 is 33.5 Å². The molecule has 0 aliphatic carbocycles. The average molecular weight is 588 g/mol. The van der Waals surface area contributed by atoms with E-state index >= 15 is 0 Å². The van der Waals surface area contributed by atoms with Gasteiger partial charge in [0, 0.05) is 12.8 Å². The van der Waals surface area contributed by atoms with Gasteiger partial charge in [-0.15, -0.1) is 0 Å². The Morgan fingerprint density at radius 1 is 1.02 bits per heavy atom. The van der Waals surface area contributed by atoms with Crippen molar-refractivity contribution in [3.8, 4) is 11.8 Å². The van der Waals surface area contributed by atoms with Crippen LogP contribution in [0.1, 0.15) is 78.7 Å². The first-order chi connectivity index (χ1) is 19.2. The number of methoxy groups -OCH3 is 1. The van der Waals surface area contributed by atoms with Crippen molar-refractivity contribution in [1.82, 2.24) is 10.0 Å². The van der Waals surface area contributed by atoms with Crippen molar-refractivity contribution in [3.05, 3.63) is 60.2 Å². The number of aliphatic hydroxyl groups excluding tert-OH is 1. The number of benzene rings is 2. The average Bonchev–Trinajstić information content (AvgIpc) is 2.92. The van der Waals surface area contributed by atoms with E-state index in [-0.39, 0.29) is 23.2 Å². The lowest BCUT2D eigenvalue weighted by molar-refractivity contribution is 0.00766. The second-order valence-electron chi connectivity index (χ2n) is 11.5. The maximum absolute atomic E-state index is 13.8. The maximum atomic E-state index is 13.8. The minimum atomic E-state index is -4.26. The van der Waals surface area contributed by atoms with Crippen LogP contribution in [0.15, 0.2) is 59.5 Å². The molecule has 10 heteroatoms.